The van der Waals surface area contributed by atoms with Crippen LogP contribution in [0.2, 0.25) is 0 Å². The average molecular weight is 278 g/mol. The molecular formula is C12H18N6S. The summed E-state index contributed by atoms with van der Waals surface area (Å²) in [6, 6.07) is 1.98. The van der Waals surface area contributed by atoms with Crippen molar-refractivity contribution in [3.63, 3.8) is 0 Å². The first kappa shape index (κ1) is 13.5. The lowest BCUT2D eigenvalue weighted by molar-refractivity contribution is 0.495. The van der Waals surface area contributed by atoms with Crippen molar-refractivity contribution in [2.75, 3.05) is 12.4 Å². The molecule has 0 aliphatic rings. The van der Waals surface area contributed by atoms with Gasteiger partial charge < -0.3 is 10.2 Å². The predicted octanol–water partition coefficient (Wildman–Crippen LogP) is 1.29. The number of anilines is 1. The van der Waals surface area contributed by atoms with Crippen molar-refractivity contribution in [2.45, 2.75) is 13.5 Å². The van der Waals surface area contributed by atoms with Crippen LogP contribution in [-0.4, -0.2) is 36.6 Å². The minimum Gasteiger partial charge on any atom is -0.346 e. The summed E-state index contributed by atoms with van der Waals surface area (Å²) in [4.78, 5) is 1.95. The van der Waals surface area contributed by atoms with Crippen LogP contribution in [0, 0.1) is 6.92 Å². The molecule has 0 bridgehead atoms. The van der Waals surface area contributed by atoms with Crippen LogP contribution in [0.4, 0.5) is 5.69 Å². The summed E-state index contributed by atoms with van der Waals surface area (Å²) in [6.45, 7) is 2.67. The fourth-order valence-corrected chi connectivity index (χ4v) is 1.87. The smallest absolute Gasteiger partial charge is 0.173 e. The normalized spacial score (nSPS) is 10.5. The Morgan fingerprint density at radius 2 is 2.21 bits per heavy atom. The Labute approximate surface area is 118 Å². The molecule has 0 aliphatic carbocycles. The van der Waals surface area contributed by atoms with Crippen LogP contribution in [0.5, 0.6) is 0 Å². The number of aromatic nitrogens is 4. The molecule has 0 fully saturated rings. The summed E-state index contributed by atoms with van der Waals surface area (Å²) in [5, 5.41) is 12.4. The van der Waals surface area contributed by atoms with E-state index in [1.807, 2.05) is 49.9 Å². The molecule has 0 amide bonds. The quantitative estimate of drug-likeness (QED) is 0.858. The SMILES string of the molecule is Cc1c(NC(=S)N(C)Cc2ccn(C)n2)cnn1C. The molecule has 0 aromatic carbocycles. The van der Waals surface area contributed by atoms with Gasteiger partial charge >= 0.3 is 0 Å². The van der Waals surface area contributed by atoms with E-state index < -0.39 is 0 Å². The van der Waals surface area contributed by atoms with Crippen LogP contribution in [0.15, 0.2) is 18.5 Å². The first-order chi connectivity index (χ1) is 8.97. The van der Waals surface area contributed by atoms with Crippen molar-refractivity contribution in [3.8, 4) is 0 Å². The van der Waals surface area contributed by atoms with Crippen molar-refractivity contribution in [3.05, 3.63) is 29.8 Å². The van der Waals surface area contributed by atoms with Gasteiger partial charge in [-0.15, -0.1) is 0 Å². The Morgan fingerprint density at radius 3 is 2.74 bits per heavy atom. The molecule has 6 nitrogen and oxygen atoms in total. The standard InChI is InChI=1S/C12H18N6S/c1-9-11(7-13-18(9)4)14-12(19)16(2)8-10-5-6-17(3)15-10/h5-7H,8H2,1-4H3,(H,14,19). The molecular weight excluding hydrogens is 260 g/mol. The van der Waals surface area contributed by atoms with Gasteiger partial charge in [0, 0.05) is 27.3 Å². The van der Waals surface area contributed by atoms with E-state index in [-0.39, 0.29) is 0 Å². The van der Waals surface area contributed by atoms with E-state index in [0.717, 1.165) is 17.1 Å². The lowest BCUT2D eigenvalue weighted by Crippen LogP contribution is -2.30. The van der Waals surface area contributed by atoms with Crippen molar-refractivity contribution in [2.24, 2.45) is 14.1 Å². The maximum atomic E-state index is 5.38. The summed E-state index contributed by atoms with van der Waals surface area (Å²) in [7, 11) is 5.75. The molecule has 2 heterocycles. The van der Waals surface area contributed by atoms with Gasteiger partial charge in [0.05, 0.1) is 29.8 Å². The van der Waals surface area contributed by atoms with Gasteiger partial charge in [-0.3, -0.25) is 9.36 Å². The zero-order valence-corrected chi connectivity index (χ0v) is 12.4. The highest BCUT2D eigenvalue weighted by molar-refractivity contribution is 7.80. The number of hydrogen-bond donors (Lipinski definition) is 1. The number of nitrogens with zero attached hydrogens (tertiary/aromatic N) is 5. The Hall–Kier alpha value is -1.89. The highest BCUT2D eigenvalue weighted by Gasteiger charge is 2.10. The number of rotatable bonds is 3. The maximum Gasteiger partial charge on any atom is 0.173 e. The second kappa shape index (κ2) is 5.40. The Morgan fingerprint density at radius 1 is 1.47 bits per heavy atom. The highest BCUT2D eigenvalue weighted by atomic mass is 32.1. The number of aryl methyl sites for hydroxylation is 2. The van der Waals surface area contributed by atoms with Gasteiger partial charge in [0.25, 0.3) is 0 Å². The van der Waals surface area contributed by atoms with E-state index in [1.54, 1.807) is 10.9 Å². The van der Waals surface area contributed by atoms with E-state index >= 15 is 0 Å². The largest absolute Gasteiger partial charge is 0.346 e. The minimum atomic E-state index is 0.654. The maximum absolute atomic E-state index is 5.38. The van der Waals surface area contributed by atoms with Crippen LogP contribution >= 0.6 is 12.2 Å². The van der Waals surface area contributed by atoms with Crippen LogP contribution in [-0.2, 0) is 20.6 Å². The lowest BCUT2D eigenvalue weighted by atomic mass is 10.4. The molecule has 0 spiro atoms. The van der Waals surface area contributed by atoms with E-state index in [4.69, 9.17) is 12.2 Å². The summed E-state index contributed by atoms with van der Waals surface area (Å²) < 4.78 is 3.59. The van der Waals surface area contributed by atoms with Crippen LogP contribution in [0.1, 0.15) is 11.4 Å². The Kier molecular flexibility index (Phi) is 3.84. The molecule has 0 radical (unpaired) electrons. The second-order valence-electron chi connectivity index (χ2n) is 4.53. The van der Waals surface area contributed by atoms with E-state index in [1.165, 1.54) is 0 Å². The van der Waals surface area contributed by atoms with E-state index in [0.29, 0.717) is 11.7 Å². The molecule has 2 aromatic rings. The second-order valence-corrected chi connectivity index (χ2v) is 4.92. The number of nitrogens with one attached hydrogen (secondary N) is 1. The van der Waals surface area contributed by atoms with Crippen molar-refractivity contribution >= 4 is 23.0 Å². The summed E-state index contributed by atoms with van der Waals surface area (Å²) in [5.74, 6) is 0. The van der Waals surface area contributed by atoms with Gasteiger partial charge in [0.2, 0.25) is 0 Å². The zero-order valence-electron chi connectivity index (χ0n) is 11.6. The number of hydrogen-bond acceptors (Lipinski definition) is 3. The first-order valence-corrected chi connectivity index (χ1v) is 6.37. The lowest BCUT2D eigenvalue weighted by Gasteiger charge is -2.19. The third kappa shape index (κ3) is 3.11. The summed E-state index contributed by atoms with van der Waals surface area (Å²) >= 11 is 5.38. The topological polar surface area (TPSA) is 50.9 Å². The van der Waals surface area contributed by atoms with Crippen molar-refractivity contribution in [1.82, 2.24) is 24.5 Å². The average Bonchev–Trinajstić information content (AvgIpc) is 2.90. The zero-order chi connectivity index (χ0) is 14.0. The third-order valence-corrected chi connectivity index (χ3v) is 3.41. The summed E-state index contributed by atoms with van der Waals surface area (Å²) in [5.41, 5.74) is 2.96. The first-order valence-electron chi connectivity index (χ1n) is 5.96. The predicted molar refractivity (Wildman–Crippen MR) is 78.8 cm³/mol. The molecule has 0 unspecified atom stereocenters. The molecule has 0 aliphatic heterocycles. The molecule has 0 atom stereocenters. The monoisotopic (exact) mass is 278 g/mol. The third-order valence-electron chi connectivity index (χ3n) is 2.99. The molecule has 19 heavy (non-hydrogen) atoms. The van der Waals surface area contributed by atoms with Gasteiger partial charge in [0.15, 0.2) is 5.11 Å². The van der Waals surface area contributed by atoms with Gasteiger partial charge in [0.1, 0.15) is 0 Å². The van der Waals surface area contributed by atoms with Gasteiger partial charge in [-0.25, -0.2) is 0 Å². The van der Waals surface area contributed by atoms with Crippen LogP contribution in [0.3, 0.4) is 0 Å². The van der Waals surface area contributed by atoms with E-state index in [2.05, 4.69) is 15.5 Å². The molecule has 2 rings (SSSR count). The minimum absolute atomic E-state index is 0.654. The Bertz CT molecular complexity index is 585. The molecule has 1 N–H and O–H groups in total. The molecule has 0 saturated carbocycles. The molecule has 0 saturated heterocycles. The van der Waals surface area contributed by atoms with Gasteiger partial charge in [-0.2, -0.15) is 10.2 Å². The van der Waals surface area contributed by atoms with Gasteiger partial charge in [-0.1, -0.05) is 0 Å². The summed E-state index contributed by atoms with van der Waals surface area (Å²) in [6.07, 6.45) is 3.70. The van der Waals surface area contributed by atoms with Crippen LogP contribution in [0.25, 0.3) is 0 Å². The van der Waals surface area contributed by atoms with E-state index in [9.17, 15) is 0 Å². The van der Waals surface area contributed by atoms with Crippen molar-refractivity contribution in [1.29, 1.82) is 0 Å². The van der Waals surface area contributed by atoms with Crippen LogP contribution < -0.4 is 5.32 Å². The fraction of sp³-hybridized carbons (Fsp3) is 0.417. The van der Waals surface area contributed by atoms with Crippen molar-refractivity contribution < 1.29 is 0 Å². The highest BCUT2D eigenvalue weighted by Crippen LogP contribution is 2.13. The molecule has 7 heteroatoms. The molecule has 2 aromatic heterocycles. The number of thiocarbonyl (C=S) groups is 1. The van der Waals surface area contributed by atoms with Gasteiger partial charge in [-0.05, 0) is 25.2 Å². The molecule has 102 valence electrons. The fourth-order valence-electron chi connectivity index (χ4n) is 1.69. The Balaban J connectivity index is 1.98.